The van der Waals surface area contributed by atoms with Gasteiger partial charge in [-0.15, -0.1) is 0 Å². The molecule has 0 unspecified atom stereocenters. The van der Waals surface area contributed by atoms with Gasteiger partial charge in [0.1, 0.15) is 0 Å². The van der Waals surface area contributed by atoms with E-state index in [4.69, 9.17) is 4.98 Å². The summed E-state index contributed by atoms with van der Waals surface area (Å²) in [5.74, 6) is 0.506. The molecule has 0 saturated heterocycles. The van der Waals surface area contributed by atoms with Crippen LogP contribution >= 0.6 is 0 Å². The lowest BCUT2D eigenvalue weighted by atomic mass is 9.83. The minimum Gasteiger partial charge on any atom is -0.264 e. The molecular formula is C29H30N2. The molecule has 0 aliphatic carbocycles. The van der Waals surface area contributed by atoms with Crippen LogP contribution in [0, 0.1) is 0 Å². The van der Waals surface area contributed by atoms with Crippen molar-refractivity contribution >= 4 is 0 Å². The van der Waals surface area contributed by atoms with Gasteiger partial charge in [-0.25, -0.2) is 0 Å². The highest BCUT2D eigenvalue weighted by molar-refractivity contribution is 5.76. The summed E-state index contributed by atoms with van der Waals surface area (Å²) >= 11 is 0. The third kappa shape index (κ3) is 4.74. The largest absolute Gasteiger partial charge is 0.264 e. The number of hydrogen-bond donors (Lipinski definition) is 0. The van der Waals surface area contributed by atoms with Gasteiger partial charge < -0.3 is 0 Å². The molecule has 2 nitrogen and oxygen atoms in total. The Balaban J connectivity index is 1.83. The van der Waals surface area contributed by atoms with Gasteiger partial charge in [-0.1, -0.05) is 71.0 Å². The Labute approximate surface area is 186 Å². The molecule has 2 heteroatoms. The van der Waals surface area contributed by atoms with Crippen LogP contribution in [0.1, 0.15) is 51.7 Å². The first-order chi connectivity index (χ1) is 14.8. The van der Waals surface area contributed by atoms with E-state index in [0.29, 0.717) is 5.92 Å². The van der Waals surface area contributed by atoms with Gasteiger partial charge in [0.2, 0.25) is 0 Å². The van der Waals surface area contributed by atoms with Gasteiger partial charge in [-0.2, -0.15) is 0 Å². The lowest BCUT2D eigenvalue weighted by Crippen LogP contribution is -2.11. The summed E-state index contributed by atoms with van der Waals surface area (Å²) in [7, 11) is 0. The van der Waals surface area contributed by atoms with Crippen LogP contribution in [-0.4, -0.2) is 9.97 Å². The van der Waals surface area contributed by atoms with E-state index in [9.17, 15) is 0 Å². The number of rotatable bonds is 4. The minimum absolute atomic E-state index is 0.0379. The van der Waals surface area contributed by atoms with Crippen molar-refractivity contribution in [3.05, 3.63) is 96.4 Å². The summed E-state index contributed by atoms with van der Waals surface area (Å²) in [6.07, 6.45) is 5.65. The van der Waals surface area contributed by atoms with Crippen molar-refractivity contribution in [1.29, 1.82) is 0 Å². The molecule has 0 saturated carbocycles. The monoisotopic (exact) mass is 406 g/mol. The lowest BCUT2D eigenvalue weighted by Gasteiger charge is -2.21. The summed E-state index contributed by atoms with van der Waals surface area (Å²) in [5.41, 5.74) is 9.51. The van der Waals surface area contributed by atoms with Crippen molar-refractivity contribution in [2.75, 3.05) is 0 Å². The molecule has 0 radical (unpaired) electrons. The SMILES string of the molecule is CC(C)c1cccc(-c2ccnc(-c3cc(-c4cccnc4)cc(C(C)(C)C)c3)c2)c1. The molecule has 0 aliphatic rings. The average molecular weight is 407 g/mol. The van der Waals surface area contributed by atoms with Crippen molar-refractivity contribution in [1.82, 2.24) is 9.97 Å². The van der Waals surface area contributed by atoms with E-state index in [-0.39, 0.29) is 5.41 Å². The fourth-order valence-electron chi connectivity index (χ4n) is 3.75. The molecule has 2 heterocycles. The molecule has 0 spiro atoms. The summed E-state index contributed by atoms with van der Waals surface area (Å²) in [6.45, 7) is 11.2. The summed E-state index contributed by atoms with van der Waals surface area (Å²) < 4.78 is 0. The molecule has 0 N–H and O–H groups in total. The van der Waals surface area contributed by atoms with Gasteiger partial charge in [0.15, 0.2) is 0 Å². The molecule has 0 aliphatic heterocycles. The molecule has 2 aromatic heterocycles. The van der Waals surface area contributed by atoms with Crippen LogP contribution in [0.4, 0.5) is 0 Å². The van der Waals surface area contributed by atoms with E-state index >= 15 is 0 Å². The number of aromatic nitrogens is 2. The quantitative estimate of drug-likeness (QED) is 0.344. The molecular weight excluding hydrogens is 376 g/mol. The van der Waals surface area contributed by atoms with E-state index in [1.165, 1.54) is 27.8 Å². The van der Waals surface area contributed by atoms with Crippen LogP contribution < -0.4 is 0 Å². The Morgan fingerprint density at radius 2 is 1.42 bits per heavy atom. The van der Waals surface area contributed by atoms with Crippen molar-refractivity contribution < 1.29 is 0 Å². The molecule has 0 bridgehead atoms. The zero-order valence-electron chi connectivity index (χ0n) is 19.1. The summed E-state index contributed by atoms with van der Waals surface area (Å²) in [4.78, 5) is 9.05. The first kappa shape index (κ1) is 21.0. The van der Waals surface area contributed by atoms with E-state index in [1.807, 2.05) is 24.7 Å². The fourth-order valence-corrected chi connectivity index (χ4v) is 3.75. The van der Waals surface area contributed by atoms with Crippen molar-refractivity contribution in [3.8, 4) is 33.5 Å². The van der Waals surface area contributed by atoms with Gasteiger partial charge in [0.05, 0.1) is 5.69 Å². The topological polar surface area (TPSA) is 25.8 Å². The Morgan fingerprint density at radius 1 is 0.677 bits per heavy atom. The molecule has 0 amide bonds. The van der Waals surface area contributed by atoms with Crippen LogP contribution in [0.25, 0.3) is 33.5 Å². The number of pyridine rings is 2. The van der Waals surface area contributed by atoms with E-state index in [2.05, 4.69) is 100 Å². The second-order valence-electron chi connectivity index (χ2n) is 9.50. The standard InChI is InChI=1S/C29H30N2/c1-20(2)21-8-6-9-22(14-21)23-11-13-31-28(18-23)26-15-25(24-10-7-12-30-19-24)16-27(17-26)29(3,4)5/h6-20H,1-5H3. The molecule has 0 fully saturated rings. The zero-order valence-corrected chi connectivity index (χ0v) is 19.1. The predicted molar refractivity (Wildman–Crippen MR) is 131 cm³/mol. The Kier molecular flexibility index (Phi) is 5.73. The van der Waals surface area contributed by atoms with Crippen molar-refractivity contribution in [3.63, 3.8) is 0 Å². The van der Waals surface area contributed by atoms with Crippen molar-refractivity contribution in [2.24, 2.45) is 0 Å². The highest BCUT2D eigenvalue weighted by Gasteiger charge is 2.17. The van der Waals surface area contributed by atoms with Crippen molar-refractivity contribution in [2.45, 2.75) is 46.0 Å². The van der Waals surface area contributed by atoms with Crippen LogP contribution in [0.15, 0.2) is 85.3 Å². The first-order valence-corrected chi connectivity index (χ1v) is 10.9. The maximum absolute atomic E-state index is 4.74. The first-order valence-electron chi connectivity index (χ1n) is 10.9. The van der Waals surface area contributed by atoms with Crippen LogP contribution in [-0.2, 0) is 5.41 Å². The number of benzene rings is 2. The van der Waals surface area contributed by atoms with Gasteiger partial charge >= 0.3 is 0 Å². The average Bonchev–Trinajstić information content (AvgIpc) is 2.79. The maximum Gasteiger partial charge on any atom is 0.0708 e. The lowest BCUT2D eigenvalue weighted by molar-refractivity contribution is 0.590. The predicted octanol–water partition coefficient (Wildman–Crippen LogP) is 7.90. The van der Waals surface area contributed by atoms with Crippen LogP contribution in [0.2, 0.25) is 0 Å². The van der Waals surface area contributed by atoms with E-state index < -0.39 is 0 Å². The second kappa shape index (κ2) is 8.47. The maximum atomic E-state index is 4.74. The summed E-state index contributed by atoms with van der Waals surface area (Å²) in [6, 6.07) is 24.0. The normalized spacial score (nSPS) is 11.7. The molecule has 31 heavy (non-hydrogen) atoms. The number of hydrogen-bond acceptors (Lipinski definition) is 2. The fraction of sp³-hybridized carbons (Fsp3) is 0.241. The Morgan fingerprint density at radius 3 is 2.13 bits per heavy atom. The highest BCUT2D eigenvalue weighted by Crippen LogP contribution is 2.34. The molecule has 4 rings (SSSR count). The smallest absolute Gasteiger partial charge is 0.0708 e. The second-order valence-corrected chi connectivity index (χ2v) is 9.50. The minimum atomic E-state index is 0.0379. The van der Waals surface area contributed by atoms with E-state index in [1.54, 1.807) is 0 Å². The molecule has 156 valence electrons. The van der Waals surface area contributed by atoms with Gasteiger partial charge in [0.25, 0.3) is 0 Å². The molecule has 0 atom stereocenters. The third-order valence-electron chi connectivity index (χ3n) is 5.74. The third-order valence-corrected chi connectivity index (χ3v) is 5.74. The molecule has 2 aromatic carbocycles. The molecule has 4 aromatic rings. The van der Waals surface area contributed by atoms with Gasteiger partial charge in [0, 0.05) is 29.7 Å². The van der Waals surface area contributed by atoms with E-state index in [0.717, 1.165) is 16.8 Å². The Hall–Kier alpha value is -3.26. The number of nitrogens with zero attached hydrogens (tertiary/aromatic N) is 2. The van der Waals surface area contributed by atoms with Gasteiger partial charge in [-0.05, 0) is 69.5 Å². The zero-order chi connectivity index (χ0) is 22.0. The Bertz CT molecular complexity index is 1180. The van der Waals surface area contributed by atoms with Crippen LogP contribution in [0.3, 0.4) is 0 Å². The highest BCUT2D eigenvalue weighted by atomic mass is 14.7. The van der Waals surface area contributed by atoms with Crippen LogP contribution in [0.5, 0.6) is 0 Å². The summed E-state index contributed by atoms with van der Waals surface area (Å²) in [5, 5.41) is 0. The van der Waals surface area contributed by atoms with Gasteiger partial charge in [-0.3, -0.25) is 9.97 Å².